The number of nitrogens with zero attached hydrogens (tertiary/aromatic N) is 5. The van der Waals surface area contributed by atoms with Crippen molar-refractivity contribution in [3.63, 3.8) is 0 Å². The van der Waals surface area contributed by atoms with Crippen molar-refractivity contribution in [3.8, 4) is 28.7 Å². The third-order valence-corrected chi connectivity index (χ3v) is 7.81. The Bertz CT molecular complexity index is 1910. The Kier molecular flexibility index (Phi) is 5.13. The fourth-order valence-electron chi connectivity index (χ4n) is 5.04. The molecule has 0 saturated heterocycles. The molecule has 0 bridgehead atoms. The number of fused-ring (bicyclic) bond motifs is 4. The molecule has 5 nitrogen and oxygen atoms in total. The van der Waals surface area contributed by atoms with Crippen LogP contribution < -0.4 is 0 Å². The van der Waals surface area contributed by atoms with E-state index in [0.717, 1.165) is 32.4 Å². The first kappa shape index (κ1) is 22.8. The normalized spacial score (nSPS) is 12.1. The molecule has 7 aromatic rings. The van der Waals surface area contributed by atoms with Crippen LogP contribution >= 0.6 is 11.3 Å². The standard InChI is InChI=1S/C32H25N5S/c1-32(2,3)21-17-15-20(16-18-21)29-34-30(24-11-8-14-27-28(24)33-19-38-27)36-31(35-29)37-25-12-6-4-9-22(25)23-10-5-7-13-26(23)37/h4-19H,1-3H3. The molecular weight excluding hydrogens is 486 g/mol. The summed E-state index contributed by atoms with van der Waals surface area (Å²) in [5.41, 5.74) is 8.09. The van der Waals surface area contributed by atoms with Crippen molar-refractivity contribution in [3.05, 3.63) is 102 Å². The van der Waals surface area contributed by atoms with E-state index in [1.807, 2.05) is 17.6 Å². The molecule has 4 aromatic carbocycles. The molecule has 38 heavy (non-hydrogen) atoms. The molecule has 6 heteroatoms. The predicted molar refractivity (Wildman–Crippen MR) is 157 cm³/mol. The molecule has 0 unspecified atom stereocenters. The molecule has 3 aromatic heterocycles. The van der Waals surface area contributed by atoms with Gasteiger partial charge in [-0.3, -0.25) is 4.57 Å². The van der Waals surface area contributed by atoms with Gasteiger partial charge < -0.3 is 0 Å². The number of benzene rings is 4. The van der Waals surface area contributed by atoms with Crippen molar-refractivity contribution in [2.24, 2.45) is 0 Å². The summed E-state index contributed by atoms with van der Waals surface area (Å²) < 4.78 is 3.25. The van der Waals surface area contributed by atoms with Crippen LogP contribution in [0.25, 0.3) is 60.7 Å². The number of para-hydroxylation sites is 3. The van der Waals surface area contributed by atoms with Crippen LogP contribution in [0.1, 0.15) is 26.3 Å². The lowest BCUT2D eigenvalue weighted by Crippen LogP contribution is -2.10. The van der Waals surface area contributed by atoms with Gasteiger partial charge >= 0.3 is 0 Å². The molecule has 7 rings (SSSR count). The zero-order chi connectivity index (χ0) is 25.9. The van der Waals surface area contributed by atoms with Crippen LogP contribution in [-0.2, 0) is 5.41 Å². The van der Waals surface area contributed by atoms with Crippen molar-refractivity contribution < 1.29 is 0 Å². The lowest BCUT2D eigenvalue weighted by molar-refractivity contribution is 0.590. The fourth-order valence-corrected chi connectivity index (χ4v) is 5.74. The van der Waals surface area contributed by atoms with Crippen LogP contribution in [0, 0.1) is 0 Å². The van der Waals surface area contributed by atoms with E-state index in [0.29, 0.717) is 17.6 Å². The number of hydrogen-bond acceptors (Lipinski definition) is 5. The Balaban J connectivity index is 1.52. The van der Waals surface area contributed by atoms with Crippen LogP contribution in [-0.4, -0.2) is 24.5 Å². The average molecular weight is 512 g/mol. The first-order valence-corrected chi connectivity index (χ1v) is 13.5. The zero-order valence-electron chi connectivity index (χ0n) is 21.4. The molecule has 0 aliphatic carbocycles. The van der Waals surface area contributed by atoms with E-state index < -0.39 is 0 Å². The maximum atomic E-state index is 5.06. The van der Waals surface area contributed by atoms with E-state index in [-0.39, 0.29) is 5.41 Å². The number of hydrogen-bond donors (Lipinski definition) is 0. The second-order valence-corrected chi connectivity index (χ2v) is 11.4. The third-order valence-electron chi connectivity index (χ3n) is 7.01. The first-order valence-electron chi connectivity index (χ1n) is 12.7. The highest BCUT2D eigenvalue weighted by atomic mass is 32.1. The van der Waals surface area contributed by atoms with Gasteiger partial charge in [-0.25, -0.2) is 9.97 Å². The molecular formula is C32H25N5S. The van der Waals surface area contributed by atoms with Gasteiger partial charge in [0, 0.05) is 21.9 Å². The molecule has 0 saturated carbocycles. The van der Waals surface area contributed by atoms with Gasteiger partial charge in [0.1, 0.15) is 0 Å². The molecule has 0 aliphatic rings. The summed E-state index contributed by atoms with van der Waals surface area (Å²) in [4.78, 5) is 19.8. The van der Waals surface area contributed by atoms with Gasteiger partial charge in [0.25, 0.3) is 0 Å². The maximum Gasteiger partial charge on any atom is 0.238 e. The molecule has 3 heterocycles. The van der Waals surface area contributed by atoms with Crippen molar-refractivity contribution >= 4 is 43.4 Å². The lowest BCUT2D eigenvalue weighted by atomic mass is 9.87. The highest BCUT2D eigenvalue weighted by molar-refractivity contribution is 7.16. The Morgan fingerprint density at radius 3 is 2.00 bits per heavy atom. The van der Waals surface area contributed by atoms with E-state index in [2.05, 4.69) is 109 Å². The summed E-state index contributed by atoms with van der Waals surface area (Å²) in [6.45, 7) is 6.66. The monoisotopic (exact) mass is 511 g/mol. The highest BCUT2D eigenvalue weighted by Crippen LogP contribution is 2.34. The van der Waals surface area contributed by atoms with E-state index in [1.54, 1.807) is 11.3 Å². The lowest BCUT2D eigenvalue weighted by Gasteiger charge is -2.19. The minimum absolute atomic E-state index is 0.0667. The van der Waals surface area contributed by atoms with Crippen molar-refractivity contribution in [2.45, 2.75) is 26.2 Å². The van der Waals surface area contributed by atoms with Crippen molar-refractivity contribution in [1.82, 2.24) is 24.5 Å². The number of thiazole rings is 1. The molecule has 0 N–H and O–H groups in total. The molecule has 184 valence electrons. The highest BCUT2D eigenvalue weighted by Gasteiger charge is 2.19. The van der Waals surface area contributed by atoms with Crippen LogP contribution in [0.3, 0.4) is 0 Å². The SMILES string of the molecule is CC(C)(C)c1ccc(-c2nc(-c3cccc4scnc34)nc(-n3c4ccccc4c4ccccc43)n2)cc1. The van der Waals surface area contributed by atoms with E-state index in [9.17, 15) is 0 Å². The van der Waals surface area contributed by atoms with Gasteiger partial charge in [0.05, 0.1) is 26.8 Å². The molecule has 0 atom stereocenters. The van der Waals surface area contributed by atoms with Crippen molar-refractivity contribution in [1.29, 1.82) is 0 Å². The Morgan fingerprint density at radius 1 is 0.658 bits per heavy atom. The minimum atomic E-state index is 0.0667. The smallest absolute Gasteiger partial charge is 0.238 e. The maximum absolute atomic E-state index is 5.06. The average Bonchev–Trinajstić information content (AvgIpc) is 3.55. The molecule has 0 spiro atoms. The van der Waals surface area contributed by atoms with E-state index in [1.165, 1.54) is 16.3 Å². The summed E-state index contributed by atoms with van der Waals surface area (Å²) in [6.07, 6.45) is 0. The second-order valence-electron chi connectivity index (χ2n) is 10.5. The van der Waals surface area contributed by atoms with Crippen molar-refractivity contribution in [2.75, 3.05) is 0 Å². The van der Waals surface area contributed by atoms with E-state index in [4.69, 9.17) is 15.0 Å². The van der Waals surface area contributed by atoms with Crippen LogP contribution in [0.5, 0.6) is 0 Å². The van der Waals surface area contributed by atoms with Gasteiger partial charge in [-0.1, -0.05) is 87.5 Å². The molecule has 0 fully saturated rings. The third kappa shape index (κ3) is 3.68. The van der Waals surface area contributed by atoms with Gasteiger partial charge in [-0.2, -0.15) is 9.97 Å². The van der Waals surface area contributed by atoms with Gasteiger partial charge in [0.2, 0.25) is 5.95 Å². The van der Waals surface area contributed by atoms with Crippen LogP contribution in [0.2, 0.25) is 0 Å². The second kappa shape index (κ2) is 8.57. The minimum Gasteiger partial charge on any atom is -0.278 e. The number of rotatable bonds is 3. The predicted octanol–water partition coefficient (Wildman–Crippen LogP) is 8.21. The van der Waals surface area contributed by atoms with Crippen LogP contribution in [0.4, 0.5) is 0 Å². The van der Waals surface area contributed by atoms with Crippen LogP contribution in [0.15, 0.2) is 96.5 Å². The quantitative estimate of drug-likeness (QED) is 0.240. The molecule has 0 radical (unpaired) electrons. The summed E-state index contributed by atoms with van der Waals surface area (Å²) in [7, 11) is 0. The Labute approximate surface area is 224 Å². The van der Waals surface area contributed by atoms with E-state index >= 15 is 0 Å². The summed E-state index contributed by atoms with van der Waals surface area (Å²) in [5.74, 6) is 1.84. The molecule has 0 amide bonds. The Hall–Kier alpha value is -4.42. The summed E-state index contributed by atoms with van der Waals surface area (Å²) >= 11 is 1.62. The molecule has 0 aliphatic heterocycles. The largest absolute Gasteiger partial charge is 0.278 e. The topological polar surface area (TPSA) is 56.5 Å². The summed E-state index contributed by atoms with van der Waals surface area (Å²) in [6, 6.07) is 31.5. The first-order chi connectivity index (χ1) is 18.5. The number of aromatic nitrogens is 5. The Morgan fingerprint density at radius 2 is 1.32 bits per heavy atom. The van der Waals surface area contributed by atoms with Gasteiger partial charge in [0.15, 0.2) is 11.6 Å². The van der Waals surface area contributed by atoms with Gasteiger partial charge in [-0.15, -0.1) is 11.3 Å². The summed E-state index contributed by atoms with van der Waals surface area (Å²) in [5, 5.41) is 2.34. The fraction of sp³-hybridized carbons (Fsp3) is 0.125. The van der Waals surface area contributed by atoms with Gasteiger partial charge in [-0.05, 0) is 35.2 Å². The zero-order valence-corrected chi connectivity index (χ0v) is 22.2.